The van der Waals surface area contributed by atoms with Crippen LogP contribution in [0.2, 0.25) is 0 Å². The molecule has 0 saturated carbocycles. The molecule has 0 radical (unpaired) electrons. The maximum Gasteiger partial charge on any atom is 0.435 e. The van der Waals surface area contributed by atoms with Crippen molar-refractivity contribution in [3.8, 4) is 0 Å². The van der Waals surface area contributed by atoms with Gasteiger partial charge in [0.05, 0.1) is 0 Å². The number of rotatable bonds is 7. The van der Waals surface area contributed by atoms with Gasteiger partial charge in [0.1, 0.15) is 6.61 Å². The largest absolute Gasteiger partial charge is 0.461 e. The van der Waals surface area contributed by atoms with E-state index in [4.69, 9.17) is 0 Å². The lowest BCUT2D eigenvalue weighted by atomic mass is 10.0. The fraction of sp³-hybridized carbons (Fsp3) is 0.727. The summed E-state index contributed by atoms with van der Waals surface area (Å²) in [6.07, 6.45) is -20.8. The van der Waals surface area contributed by atoms with Crippen LogP contribution in [0.5, 0.6) is 0 Å². The third kappa shape index (κ3) is 5.01. The minimum atomic E-state index is -6.78. The first-order chi connectivity index (χ1) is 10.2. The van der Waals surface area contributed by atoms with Crippen molar-refractivity contribution in [3.05, 3.63) is 12.7 Å². The monoisotopic (exact) mass is 362 g/mol. The first-order valence-electron chi connectivity index (χ1n) is 5.81. The Balaban J connectivity index is 5.08. The molecule has 0 aliphatic carbocycles. The summed E-state index contributed by atoms with van der Waals surface area (Å²) in [5.41, 5.74) is -6.32. The van der Waals surface area contributed by atoms with E-state index in [0.717, 1.165) is 6.08 Å². The number of carbonyl (C=O) groups is 1. The van der Waals surface area contributed by atoms with E-state index < -0.39 is 49.5 Å². The molecular formula is C11H11F9O3. The summed E-state index contributed by atoms with van der Waals surface area (Å²) in [4.78, 5) is 10.9. The molecular weight excluding hydrogens is 351 g/mol. The van der Waals surface area contributed by atoms with Gasteiger partial charge in [-0.1, -0.05) is 12.7 Å². The molecule has 12 heteroatoms. The Morgan fingerprint density at radius 3 is 1.70 bits per heavy atom. The van der Waals surface area contributed by atoms with Gasteiger partial charge in [0, 0.05) is 13.0 Å². The van der Waals surface area contributed by atoms with E-state index in [9.17, 15) is 44.3 Å². The summed E-state index contributed by atoms with van der Waals surface area (Å²) in [5.74, 6) is -1.04. The lowest BCUT2D eigenvalue weighted by Crippen LogP contribution is -2.67. The van der Waals surface area contributed by atoms with Gasteiger partial charge in [0.15, 0.2) is 0 Å². The molecule has 136 valence electrons. The van der Waals surface area contributed by atoms with Crippen LogP contribution in [0.1, 0.15) is 12.8 Å². The van der Waals surface area contributed by atoms with Gasteiger partial charge in [-0.3, -0.25) is 4.79 Å². The highest BCUT2D eigenvalue weighted by molar-refractivity contribution is 5.69. The second-order valence-electron chi connectivity index (χ2n) is 4.10. The van der Waals surface area contributed by atoms with E-state index in [-0.39, 0.29) is 6.61 Å². The van der Waals surface area contributed by atoms with Crippen LogP contribution in [-0.2, 0) is 14.3 Å². The van der Waals surface area contributed by atoms with E-state index >= 15 is 0 Å². The highest BCUT2D eigenvalue weighted by Crippen LogP contribution is 2.54. The molecule has 0 aliphatic rings. The van der Waals surface area contributed by atoms with Crippen LogP contribution in [-0.4, -0.2) is 43.3 Å². The topological polar surface area (TPSA) is 35.5 Å². The Morgan fingerprint density at radius 2 is 1.35 bits per heavy atom. The molecule has 0 saturated heterocycles. The quantitative estimate of drug-likeness (QED) is 0.298. The average molecular weight is 362 g/mol. The highest BCUT2D eigenvalue weighted by Gasteiger charge is 2.85. The third-order valence-electron chi connectivity index (χ3n) is 2.40. The summed E-state index contributed by atoms with van der Waals surface area (Å²) in [5, 5.41) is 0. The van der Waals surface area contributed by atoms with Gasteiger partial charge in [-0.2, -0.15) is 39.5 Å². The van der Waals surface area contributed by atoms with Crippen LogP contribution in [0, 0.1) is 0 Å². The standard InChI is InChI=1S/C11H11F9O3/c1-2-5-22-7(21)4-3-6-23-8(9(12,13)14,10(15,16)17)11(18,19)20/h2H,1,3-6H2. The summed E-state index contributed by atoms with van der Waals surface area (Å²) in [7, 11) is 0. The van der Waals surface area contributed by atoms with Crippen molar-refractivity contribution >= 4 is 5.97 Å². The number of halogens is 9. The lowest BCUT2D eigenvalue weighted by Gasteiger charge is -2.37. The van der Waals surface area contributed by atoms with Crippen LogP contribution < -0.4 is 0 Å². The minimum absolute atomic E-state index is 0.267. The molecule has 0 N–H and O–H groups in total. The second-order valence-corrected chi connectivity index (χ2v) is 4.10. The molecule has 3 nitrogen and oxygen atoms in total. The van der Waals surface area contributed by atoms with E-state index in [0.29, 0.717) is 0 Å². The normalized spacial score (nSPS) is 13.8. The SMILES string of the molecule is C=CCOC(=O)CCCOC(C(F)(F)F)(C(F)(F)F)C(F)(F)F. The Hall–Kier alpha value is -1.46. The predicted octanol–water partition coefficient (Wildman–Crippen LogP) is 3.94. The molecule has 0 aromatic carbocycles. The van der Waals surface area contributed by atoms with Crippen LogP contribution in [0.3, 0.4) is 0 Å². The van der Waals surface area contributed by atoms with E-state index in [1.165, 1.54) is 0 Å². The van der Waals surface area contributed by atoms with Crippen LogP contribution in [0.15, 0.2) is 12.7 Å². The average Bonchev–Trinajstić information content (AvgIpc) is 2.31. The van der Waals surface area contributed by atoms with Gasteiger partial charge >= 0.3 is 30.1 Å². The van der Waals surface area contributed by atoms with Crippen molar-refractivity contribution in [1.29, 1.82) is 0 Å². The van der Waals surface area contributed by atoms with E-state index in [1.54, 1.807) is 0 Å². The predicted molar refractivity (Wildman–Crippen MR) is 57.2 cm³/mol. The smallest absolute Gasteiger partial charge is 0.435 e. The number of hydrogen-bond acceptors (Lipinski definition) is 3. The zero-order valence-corrected chi connectivity index (χ0v) is 11.2. The fourth-order valence-electron chi connectivity index (χ4n) is 1.39. The lowest BCUT2D eigenvalue weighted by molar-refractivity contribution is -0.457. The van der Waals surface area contributed by atoms with Crippen molar-refractivity contribution in [3.63, 3.8) is 0 Å². The maximum absolute atomic E-state index is 12.5. The second kappa shape index (κ2) is 7.41. The first-order valence-corrected chi connectivity index (χ1v) is 5.81. The van der Waals surface area contributed by atoms with Crippen molar-refractivity contribution in [1.82, 2.24) is 0 Å². The number of ether oxygens (including phenoxy) is 2. The molecule has 0 aromatic rings. The molecule has 0 aliphatic heterocycles. The molecule has 0 unspecified atom stereocenters. The van der Waals surface area contributed by atoms with Crippen molar-refractivity contribution in [2.75, 3.05) is 13.2 Å². The van der Waals surface area contributed by atoms with E-state index in [1.807, 2.05) is 0 Å². The van der Waals surface area contributed by atoms with Gasteiger partial charge in [0.2, 0.25) is 0 Å². The summed E-state index contributed by atoms with van der Waals surface area (Å²) in [6, 6.07) is 0. The minimum Gasteiger partial charge on any atom is -0.461 e. The van der Waals surface area contributed by atoms with Crippen molar-refractivity contribution in [2.24, 2.45) is 0 Å². The van der Waals surface area contributed by atoms with E-state index in [2.05, 4.69) is 16.1 Å². The molecule has 0 rings (SSSR count). The zero-order valence-electron chi connectivity index (χ0n) is 11.2. The molecule has 0 bridgehead atoms. The van der Waals surface area contributed by atoms with Gasteiger partial charge in [-0.25, -0.2) is 0 Å². The molecule has 0 spiro atoms. The molecule has 0 fully saturated rings. The number of alkyl halides is 9. The molecule has 0 aromatic heterocycles. The third-order valence-corrected chi connectivity index (χ3v) is 2.40. The van der Waals surface area contributed by atoms with Crippen molar-refractivity contribution in [2.45, 2.75) is 37.0 Å². The number of hydrogen-bond donors (Lipinski definition) is 0. The first kappa shape index (κ1) is 21.5. The summed E-state index contributed by atoms with van der Waals surface area (Å²) in [6.45, 7) is 1.29. The van der Waals surface area contributed by atoms with Crippen molar-refractivity contribution < 1.29 is 53.8 Å². The number of esters is 1. The summed E-state index contributed by atoms with van der Waals surface area (Å²) >= 11 is 0. The van der Waals surface area contributed by atoms with Gasteiger partial charge in [-0.15, -0.1) is 0 Å². The van der Waals surface area contributed by atoms with Crippen LogP contribution in [0.25, 0.3) is 0 Å². The van der Waals surface area contributed by atoms with Gasteiger partial charge in [-0.05, 0) is 6.42 Å². The van der Waals surface area contributed by atoms with Crippen LogP contribution >= 0.6 is 0 Å². The Labute approximate surface area is 124 Å². The maximum atomic E-state index is 12.5. The van der Waals surface area contributed by atoms with Gasteiger partial charge in [0.25, 0.3) is 0 Å². The number of carbonyl (C=O) groups excluding carboxylic acids is 1. The zero-order chi connectivity index (χ0) is 18.5. The molecule has 23 heavy (non-hydrogen) atoms. The Kier molecular flexibility index (Phi) is 6.94. The van der Waals surface area contributed by atoms with Crippen LogP contribution in [0.4, 0.5) is 39.5 Å². The molecule has 0 heterocycles. The Morgan fingerprint density at radius 1 is 0.913 bits per heavy atom. The van der Waals surface area contributed by atoms with Gasteiger partial charge < -0.3 is 9.47 Å². The molecule has 0 atom stereocenters. The fourth-order valence-corrected chi connectivity index (χ4v) is 1.39. The Bertz CT molecular complexity index is 372. The summed E-state index contributed by atoms with van der Waals surface area (Å²) < 4.78 is 120. The molecule has 0 amide bonds. The highest BCUT2D eigenvalue weighted by atomic mass is 19.4.